The first-order valence-electron chi connectivity index (χ1n) is 11.7. The summed E-state index contributed by atoms with van der Waals surface area (Å²) in [6.07, 6.45) is 1.32. The second-order valence-electron chi connectivity index (χ2n) is 9.03. The van der Waals surface area contributed by atoms with Crippen molar-refractivity contribution in [1.29, 1.82) is 0 Å². The summed E-state index contributed by atoms with van der Waals surface area (Å²) in [5, 5.41) is 12.2. The van der Waals surface area contributed by atoms with E-state index in [-0.39, 0.29) is 6.61 Å². The third-order valence-corrected chi connectivity index (χ3v) is 5.91. The molecule has 35 heavy (non-hydrogen) atoms. The van der Waals surface area contributed by atoms with Crippen LogP contribution in [0.25, 0.3) is 0 Å². The molecule has 0 bridgehead atoms. The summed E-state index contributed by atoms with van der Waals surface area (Å²) < 4.78 is 5.32. The SMILES string of the molecule is CCC[C@H](NC(=O)OCc1ccccc1)[C@@H](C(=O)NO)N(C(N)=O)C(C)(C)CCc1ccccc1. The molecule has 0 aliphatic rings. The summed E-state index contributed by atoms with van der Waals surface area (Å²) in [5.74, 6) is -0.849. The fourth-order valence-electron chi connectivity index (χ4n) is 4.11. The van der Waals surface area contributed by atoms with Crippen LogP contribution in [0.15, 0.2) is 60.7 Å². The number of hydrogen-bond donors (Lipinski definition) is 4. The summed E-state index contributed by atoms with van der Waals surface area (Å²) in [5.41, 5.74) is 8.40. The number of nitrogens with one attached hydrogen (secondary N) is 2. The van der Waals surface area contributed by atoms with Crippen LogP contribution in [0.4, 0.5) is 9.59 Å². The standard InChI is InChI=1S/C26H36N4O5/c1-4-11-21(28-25(33)35-18-20-14-9-6-10-15-20)22(23(31)29-34)30(24(27)32)26(2,3)17-16-19-12-7-5-8-13-19/h5-10,12-15,21-22,34H,4,11,16-18H2,1-3H3,(H2,27,32)(H,28,33)(H,29,31)/t21-,22-/m0/s1. The highest BCUT2D eigenvalue weighted by Gasteiger charge is 2.43. The summed E-state index contributed by atoms with van der Waals surface area (Å²) in [7, 11) is 0. The van der Waals surface area contributed by atoms with E-state index in [1.54, 1.807) is 19.3 Å². The fourth-order valence-corrected chi connectivity index (χ4v) is 4.11. The topological polar surface area (TPSA) is 134 Å². The van der Waals surface area contributed by atoms with Crippen molar-refractivity contribution in [2.45, 2.75) is 70.7 Å². The average Bonchev–Trinajstić information content (AvgIpc) is 2.85. The predicted molar refractivity (Wildman–Crippen MR) is 132 cm³/mol. The van der Waals surface area contributed by atoms with Crippen LogP contribution in [0.3, 0.4) is 0 Å². The van der Waals surface area contributed by atoms with Crippen molar-refractivity contribution in [2.75, 3.05) is 0 Å². The molecule has 9 nitrogen and oxygen atoms in total. The predicted octanol–water partition coefficient (Wildman–Crippen LogP) is 3.75. The number of aryl methyl sites for hydroxylation is 1. The summed E-state index contributed by atoms with van der Waals surface area (Å²) >= 11 is 0. The molecule has 9 heteroatoms. The van der Waals surface area contributed by atoms with Gasteiger partial charge in [-0.3, -0.25) is 10.0 Å². The van der Waals surface area contributed by atoms with Crippen LogP contribution in [0.2, 0.25) is 0 Å². The van der Waals surface area contributed by atoms with Crippen LogP contribution < -0.4 is 16.5 Å². The van der Waals surface area contributed by atoms with Gasteiger partial charge in [-0.15, -0.1) is 0 Å². The molecule has 0 saturated heterocycles. The van der Waals surface area contributed by atoms with E-state index in [4.69, 9.17) is 10.5 Å². The molecule has 0 fully saturated rings. The molecule has 2 rings (SSSR count). The van der Waals surface area contributed by atoms with Crippen molar-refractivity contribution in [3.63, 3.8) is 0 Å². The molecule has 2 aromatic rings. The van der Waals surface area contributed by atoms with E-state index in [0.29, 0.717) is 25.7 Å². The van der Waals surface area contributed by atoms with Gasteiger partial charge in [-0.2, -0.15) is 0 Å². The Bertz CT molecular complexity index is 953. The lowest BCUT2D eigenvalue weighted by Gasteiger charge is -2.44. The molecule has 0 radical (unpaired) electrons. The van der Waals surface area contributed by atoms with Gasteiger partial charge in [0.1, 0.15) is 12.6 Å². The van der Waals surface area contributed by atoms with Gasteiger partial charge in [0.2, 0.25) is 0 Å². The number of carbonyl (C=O) groups excluding carboxylic acids is 3. The molecule has 0 aliphatic carbocycles. The van der Waals surface area contributed by atoms with Gasteiger partial charge in [0, 0.05) is 5.54 Å². The van der Waals surface area contributed by atoms with E-state index in [1.165, 1.54) is 4.90 Å². The van der Waals surface area contributed by atoms with Gasteiger partial charge in [0.15, 0.2) is 0 Å². The molecule has 2 atom stereocenters. The number of nitrogens with zero attached hydrogens (tertiary/aromatic N) is 1. The Morgan fingerprint density at radius 2 is 1.60 bits per heavy atom. The number of rotatable bonds is 12. The molecule has 4 amide bonds. The van der Waals surface area contributed by atoms with Gasteiger partial charge in [0.05, 0.1) is 6.04 Å². The molecule has 5 N–H and O–H groups in total. The average molecular weight is 485 g/mol. The zero-order valence-corrected chi connectivity index (χ0v) is 20.6. The monoisotopic (exact) mass is 484 g/mol. The Morgan fingerprint density at radius 3 is 2.11 bits per heavy atom. The van der Waals surface area contributed by atoms with Crippen LogP contribution in [-0.4, -0.2) is 45.8 Å². The number of hydrogen-bond acceptors (Lipinski definition) is 5. The van der Waals surface area contributed by atoms with Crippen LogP contribution in [0, 0.1) is 0 Å². The van der Waals surface area contributed by atoms with Gasteiger partial charge < -0.3 is 20.7 Å². The lowest BCUT2D eigenvalue weighted by Crippen LogP contribution is -2.66. The first-order chi connectivity index (χ1) is 16.7. The molecule has 0 saturated carbocycles. The van der Waals surface area contributed by atoms with E-state index in [2.05, 4.69) is 5.32 Å². The molecular weight excluding hydrogens is 448 g/mol. The normalized spacial score (nSPS) is 12.8. The van der Waals surface area contributed by atoms with Crippen molar-refractivity contribution in [3.05, 3.63) is 71.8 Å². The number of benzene rings is 2. The van der Waals surface area contributed by atoms with Gasteiger partial charge in [-0.25, -0.2) is 15.1 Å². The smallest absolute Gasteiger partial charge is 0.407 e. The van der Waals surface area contributed by atoms with Crippen molar-refractivity contribution in [2.24, 2.45) is 5.73 Å². The highest BCUT2D eigenvalue weighted by atomic mass is 16.5. The maximum absolute atomic E-state index is 12.9. The molecule has 0 aliphatic heterocycles. The summed E-state index contributed by atoms with van der Waals surface area (Å²) in [4.78, 5) is 39.4. The highest BCUT2D eigenvalue weighted by Crippen LogP contribution is 2.27. The number of carbonyl (C=O) groups is 3. The van der Waals surface area contributed by atoms with Crippen LogP contribution in [0.5, 0.6) is 0 Å². The van der Waals surface area contributed by atoms with E-state index in [1.807, 2.05) is 67.6 Å². The maximum Gasteiger partial charge on any atom is 0.407 e. The van der Waals surface area contributed by atoms with E-state index >= 15 is 0 Å². The Kier molecular flexibility index (Phi) is 10.5. The number of nitrogens with two attached hydrogens (primary N) is 1. The Morgan fingerprint density at radius 1 is 1.03 bits per heavy atom. The molecule has 2 aromatic carbocycles. The maximum atomic E-state index is 12.9. The minimum Gasteiger partial charge on any atom is -0.445 e. The number of hydroxylamine groups is 1. The van der Waals surface area contributed by atoms with Crippen LogP contribution in [0.1, 0.15) is 51.2 Å². The lowest BCUT2D eigenvalue weighted by molar-refractivity contribution is -0.136. The molecule has 0 aromatic heterocycles. The minimum atomic E-state index is -1.26. The number of amides is 4. The largest absolute Gasteiger partial charge is 0.445 e. The number of primary amides is 1. The second kappa shape index (κ2) is 13.3. The van der Waals surface area contributed by atoms with Crippen molar-refractivity contribution in [1.82, 2.24) is 15.7 Å². The summed E-state index contributed by atoms with van der Waals surface area (Å²) in [6.45, 7) is 5.53. The molecule has 0 heterocycles. The molecule has 0 spiro atoms. The number of urea groups is 1. The van der Waals surface area contributed by atoms with Gasteiger partial charge >= 0.3 is 12.1 Å². The Balaban J connectivity index is 2.25. The zero-order chi connectivity index (χ0) is 25.8. The quantitative estimate of drug-likeness (QED) is 0.269. The minimum absolute atomic E-state index is 0.0461. The Labute approximate surface area is 206 Å². The Hall–Kier alpha value is -3.59. The molecule has 190 valence electrons. The van der Waals surface area contributed by atoms with Gasteiger partial charge in [-0.1, -0.05) is 74.0 Å². The highest BCUT2D eigenvalue weighted by molar-refractivity contribution is 5.87. The molecule has 0 unspecified atom stereocenters. The van der Waals surface area contributed by atoms with Gasteiger partial charge in [-0.05, 0) is 44.2 Å². The zero-order valence-electron chi connectivity index (χ0n) is 20.6. The van der Waals surface area contributed by atoms with Crippen molar-refractivity contribution in [3.8, 4) is 0 Å². The molecular formula is C26H36N4O5. The summed E-state index contributed by atoms with van der Waals surface area (Å²) in [6, 6.07) is 16.0. The first-order valence-corrected chi connectivity index (χ1v) is 11.7. The first kappa shape index (κ1) is 27.7. The van der Waals surface area contributed by atoms with Crippen molar-refractivity contribution < 1.29 is 24.3 Å². The third kappa shape index (κ3) is 8.29. The second-order valence-corrected chi connectivity index (χ2v) is 9.03. The number of ether oxygens (including phenoxy) is 1. The van der Waals surface area contributed by atoms with E-state index < -0.39 is 35.7 Å². The number of alkyl carbamates (subject to hydrolysis) is 1. The van der Waals surface area contributed by atoms with Crippen LogP contribution >= 0.6 is 0 Å². The lowest BCUT2D eigenvalue weighted by atomic mass is 9.89. The fraction of sp³-hybridized carbons (Fsp3) is 0.423. The van der Waals surface area contributed by atoms with Crippen molar-refractivity contribution >= 4 is 18.0 Å². The van der Waals surface area contributed by atoms with Gasteiger partial charge in [0.25, 0.3) is 5.91 Å². The van der Waals surface area contributed by atoms with E-state index in [9.17, 15) is 19.6 Å². The third-order valence-electron chi connectivity index (χ3n) is 5.91. The van der Waals surface area contributed by atoms with E-state index in [0.717, 1.165) is 11.1 Å². The van der Waals surface area contributed by atoms with Crippen LogP contribution in [-0.2, 0) is 22.6 Å².